The highest BCUT2D eigenvalue weighted by molar-refractivity contribution is 8.00. The number of amides is 4. The van der Waals surface area contributed by atoms with Crippen molar-refractivity contribution < 1.29 is 28.4 Å². The molecule has 1 heterocycles. The average molecular weight is 608 g/mol. The summed E-state index contributed by atoms with van der Waals surface area (Å²) >= 11 is 1.23. The molecule has 220 valence electrons. The van der Waals surface area contributed by atoms with Crippen LogP contribution >= 0.6 is 11.8 Å². The number of hydrogen-bond acceptors (Lipinski definition) is 6. The molecule has 1 atom stereocenters. The van der Waals surface area contributed by atoms with Crippen LogP contribution in [0.2, 0.25) is 0 Å². The molecule has 1 unspecified atom stereocenters. The third-order valence-corrected chi connectivity index (χ3v) is 7.93. The summed E-state index contributed by atoms with van der Waals surface area (Å²) in [5.74, 6) is -2.30. The largest absolute Gasteiger partial charge is 0.321 e. The minimum atomic E-state index is -0.631. The molecule has 0 bridgehead atoms. The van der Waals surface area contributed by atoms with Gasteiger partial charge in [0.15, 0.2) is 5.78 Å². The second-order valence-corrected chi connectivity index (χ2v) is 11.2. The van der Waals surface area contributed by atoms with E-state index < -0.39 is 22.9 Å². The van der Waals surface area contributed by atoms with Crippen molar-refractivity contribution in [1.82, 2.24) is 5.32 Å². The van der Waals surface area contributed by atoms with E-state index in [1.165, 1.54) is 49.0 Å². The molecule has 0 saturated carbocycles. The Morgan fingerprint density at radius 2 is 1.50 bits per heavy atom. The van der Waals surface area contributed by atoms with Crippen molar-refractivity contribution in [3.8, 4) is 0 Å². The van der Waals surface area contributed by atoms with Gasteiger partial charge in [0.2, 0.25) is 11.8 Å². The number of thioether (sulfide) groups is 1. The third kappa shape index (κ3) is 7.16. The number of anilines is 2. The van der Waals surface area contributed by atoms with E-state index >= 15 is 0 Å². The molecule has 8 nitrogen and oxygen atoms in total. The van der Waals surface area contributed by atoms with Gasteiger partial charge in [-0.1, -0.05) is 30.3 Å². The first-order valence-electron chi connectivity index (χ1n) is 13.6. The first-order valence-corrected chi connectivity index (χ1v) is 14.5. The number of ketones is 1. The fraction of sp³-hybridized carbons (Fsp3) is 0.0882. The highest BCUT2D eigenvalue weighted by Gasteiger charge is 2.40. The van der Waals surface area contributed by atoms with Crippen molar-refractivity contribution in [2.45, 2.75) is 23.5 Å². The molecular weight excluding hydrogens is 581 g/mol. The molecule has 1 aliphatic heterocycles. The van der Waals surface area contributed by atoms with Crippen LogP contribution in [0, 0.1) is 5.82 Å². The standard InChI is InChI=1S/C34H26FN3O5S/c1-21(39)23-9-15-27(16-10-23)38-31(40)20-30(34(38)43)44-28-17-13-26(14-18-28)36-33(42)29(19-22-7-11-25(35)12-8-22)37-32(41)24-5-3-2-4-6-24/h2-19,30H,20H2,1H3,(H,36,42)(H,37,41)/b29-19-. The van der Waals surface area contributed by atoms with Gasteiger partial charge in [-0.05, 0) is 91.4 Å². The van der Waals surface area contributed by atoms with Gasteiger partial charge in [-0.25, -0.2) is 9.29 Å². The van der Waals surface area contributed by atoms with E-state index in [0.717, 1.165) is 4.90 Å². The molecule has 1 saturated heterocycles. The fourth-order valence-electron chi connectivity index (χ4n) is 4.46. The first kappa shape index (κ1) is 30.1. The minimum Gasteiger partial charge on any atom is -0.321 e. The quantitative estimate of drug-likeness (QED) is 0.140. The van der Waals surface area contributed by atoms with Crippen LogP contribution in [-0.2, 0) is 14.4 Å². The predicted octanol–water partition coefficient (Wildman–Crippen LogP) is 5.86. The molecule has 0 aliphatic carbocycles. The normalized spacial score (nSPS) is 14.8. The topological polar surface area (TPSA) is 113 Å². The Balaban J connectivity index is 1.26. The highest BCUT2D eigenvalue weighted by atomic mass is 32.2. The van der Waals surface area contributed by atoms with Crippen LogP contribution < -0.4 is 15.5 Å². The van der Waals surface area contributed by atoms with Gasteiger partial charge in [-0.2, -0.15) is 0 Å². The SMILES string of the molecule is CC(=O)c1ccc(N2C(=O)CC(Sc3ccc(NC(=O)/C(=C/c4ccc(F)cc4)NC(=O)c4ccccc4)cc3)C2=O)cc1. The number of nitrogens with zero attached hydrogens (tertiary/aromatic N) is 1. The maximum atomic E-state index is 13.4. The van der Waals surface area contributed by atoms with Crippen LogP contribution in [0.5, 0.6) is 0 Å². The first-order chi connectivity index (χ1) is 21.2. The lowest BCUT2D eigenvalue weighted by atomic mass is 10.1. The summed E-state index contributed by atoms with van der Waals surface area (Å²) in [6.07, 6.45) is 1.47. The van der Waals surface area contributed by atoms with Gasteiger partial charge in [0.05, 0.1) is 10.9 Å². The highest BCUT2D eigenvalue weighted by Crippen LogP contribution is 2.34. The summed E-state index contributed by atoms with van der Waals surface area (Å²) in [5.41, 5.74) is 2.15. The van der Waals surface area contributed by atoms with Crippen molar-refractivity contribution in [3.05, 3.63) is 131 Å². The maximum absolute atomic E-state index is 13.4. The van der Waals surface area contributed by atoms with Crippen LogP contribution in [0.15, 0.2) is 114 Å². The summed E-state index contributed by atoms with van der Waals surface area (Å²) < 4.78 is 13.4. The monoisotopic (exact) mass is 607 g/mol. The lowest BCUT2D eigenvalue weighted by Crippen LogP contribution is -2.31. The Labute approximate surface area is 257 Å². The van der Waals surface area contributed by atoms with Gasteiger partial charge in [0.25, 0.3) is 11.8 Å². The van der Waals surface area contributed by atoms with Crippen LogP contribution in [0.25, 0.3) is 6.08 Å². The van der Waals surface area contributed by atoms with E-state index in [1.54, 1.807) is 78.9 Å². The molecule has 4 aromatic carbocycles. The number of nitrogens with one attached hydrogen (secondary N) is 2. The number of rotatable bonds is 9. The summed E-state index contributed by atoms with van der Waals surface area (Å²) in [7, 11) is 0. The van der Waals surface area contributed by atoms with Gasteiger partial charge in [-0.15, -0.1) is 11.8 Å². The van der Waals surface area contributed by atoms with Crippen LogP contribution in [-0.4, -0.2) is 34.7 Å². The average Bonchev–Trinajstić information content (AvgIpc) is 3.30. The molecule has 0 aromatic heterocycles. The fourth-order valence-corrected chi connectivity index (χ4v) is 5.51. The lowest BCUT2D eigenvalue weighted by molar-refractivity contribution is -0.121. The molecule has 2 N–H and O–H groups in total. The smallest absolute Gasteiger partial charge is 0.272 e. The van der Waals surface area contributed by atoms with Crippen molar-refractivity contribution in [2.75, 3.05) is 10.2 Å². The number of hydrogen-bond donors (Lipinski definition) is 2. The summed E-state index contributed by atoms with van der Waals surface area (Å²) in [4.78, 5) is 65.2. The Hall–Kier alpha value is -5.35. The van der Waals surface area contributed by atoms with E-state index in [9.17, 15) is 28.4 Å². The molecule has 44 heavy (non-hydrogen) atoms. The summed E-state index contributed by atoms with van der Waals surface area (Å²) in [6, 6.07) is 26.9. The van der Waals surface area contributed by atoms with Crippen LogP contribution in [0.1, 0.15) is 39.6 Å². The minimum absolute atomic E-state index is 0.0229. The van der Waals surface area contributed by atoms with Gasteiger partial charge in [-0.3, -0.25) is 24.0 Å². The number of carbonyl (C=O) groups is 5. The molecule has 0 spiro atoms. The van der Waals surface area contributed by atoms with Crippen molar-refractivity contribution in [3.63, 3.8) is 0 Å². The van der Waals surface area contributed by atoms with Gasteiger partial charge in [0, 0.05) is 28.1 Å². The van der Waals surface area contributed by atoms with E-state index in [4.69, 9.17) is 0 Å². The van der Waals surface area contributed by atoms with Gasteiger partial charge >= 0.3 is 0 Å². The Kier molecular flexibility index (Phi) is 9.11. The Morgan fingerprint density at radius 3 is 2.14 bits per heavy atom. The summed E-state index contributed by atoms with van der Waals surface area (Å²) in [6.45, 7) is 1.44. The van der Waals surface area contributed by atoms with Crippen molar-refractivity contribution in [2.24, 2.45) is 0 Å². The zero-order valence-electron chi connectivity index (χ0n) is 23.5. The van der Waals surface area contributed by atoms with E-state index in [-0.39, 0.29) is 29.7 Å². The van der Waals surface area contributed by atoms with E-state index in [1.807, 2.05) is 0 Å². The predicted molar refractivity (Wildman–Crippen MR) is 167 cm³/mol. The third-order valence-electron chi connectivity index (χ3n) is 6.74. The molecule has 10 heteroatoms. The second kappa shape index (κ2) is 13.3. The molecule has 5 rings (SSSR count). The van der Waals surface area contributed by atoms with Crippen LogP contribution in [0.3, 0.4) is 0 Å². The Bertz CT molecular complexity index is 1760. The molecule has 1 aliphatic rings. The molecule has 4 aromatic rings. The molecule has 0 radical (unpaired) electrons. The number of Topliss-reactive ketones (excluding diaryl/α,β-unsaturated/α-hetero) is 1. The summed E-state index contributed by atoms with van der Waals surface area (Å²) in [5, 5.41) is 4.75. The molecule has 1 fully saturated rings. The zero-order valence-corrected chi connectivity index (χ0v) is 24.3. The molecule has 4 amide bonds. The van der Waals surface area contributed by atoms with E-state index in [2.05, 4.69) is 10.6 Å². The number of halogens is 1. The van der Waals surface area contributed by atoms with Gasteiger partial charge < -0.3 is 10.6 Å². The molecular formula is C34H26FN3O5S. The zero-order chi connectivity index (χ0) is 31.2. The number of carbonyl (C=O) groups excluding carboxylic acids is 5. The number of benzene rings is 4. The van der Waals surface area contributed by atoms with Gasteiger partial charge in [0.1, 0.15) is 11.5 Å². The Morgan fingerprint density at radius 1 is 0.841 bits per heavy atom. The van der Waals surface area contributed by atoms with Crippen LogP contribution in [0.4, 0.5) is 15.8 Å². The van der Waals surface area contributed by atoms with E-state index in [0.29, 0.717) is 33.0 Å². The van der Waals surface area contributed by atoms with Crippen molar-refractivity contribution in [1.29, 1.82) is 0 Å². The maximum Gasteiger partial charge on any atom is 0.272 e. The number of imide groups is 1. The van der Waals surface area contributed by atoms with Crippen molar-refractivity contribution >= 4 is 58.6 Å². The lowest BCUT2D eigenvalue weighted by Gasteiger charge is -2.15. The second-order valence-electron chi connectivity index (χ2n) is 9.89.